The second-order valence-electron chi connectivity index (χ2n) is 6.60. The molecule has 1 aromatic carbocycles. The first-order chi connectivity index (χ1) is 13.6. The summed E-state index contributed by atoms with van der Waals surface area (Å²) in [5.74, 6) is -0.386. The summed E-state index contributed by atoms with van der Waals surface area (Å²) >= 11 is 8.93. The number of carbonyl (C=O) groups is 2. The van der Waals surface area contributed by atoms with Crippen LogP contribution in [0.4, 0.5) is 5.13 Å². The van der Waals surface area contributed by atoms with Crippen molar-refractivity contribution in [3.05, 3.63) is 57.7 Å². The Bertz CT molecular complexity index is 970. The number of benzene rings is 1. The van der Waals surface area contributed by atoms with Crippen LogP contribution < -0.4 is 5.32 Å². The van der Waals surface area contributed by atoms with Crippen LogP contribution in [-0.4, -0.2) is 34.8 Å². The molecule has 1 aliphatic rings. The van der Waals surface area contributed by atoms with Gasteiger partial charge in [0.05, 0.1) is 16.5 Å². The standard InChI is InChI=1S/C20H18ClN3O2S2/c21-15-7-5-13(6-8-15)19(26)24-9-1-3-14(11-24)18(25)23-20-22-16(12-28-20)17-4-2-10-27-17/h2,4-8,10,12,14H,1,3,9,11H2,(H,22,23,25). The number of piperidine rings is 1. The second-order valence-corrected chi connectivity index (χ2v) is 8.84. The number of nitrogens with one attached hydrogen (secondary N) is 1. The average Bonchev–Trinajstić information content (AvgIpc) is 3.40. The molecule has 1 N–H and O–H groups in total. The average molecular weight is 432 g/mol. The predicted molar refractivity (Wildman–Crippen MR) is 114 cm³/mol. The quantitative estimate of drug-likeness (QED) is 0.631. The fourth-order valence-corrected chi connectivity index (χ4v) is 4.83. The highest BCUT2D eigenvalue weighted by atomic mass is 35.5. The number of hydrogen-bond donors (Lipinski definition) is 1. The third kappa shape index (κ3) is 4.27. The van der Waals surface area contributed by atoms with Gasteiger partial charge in [-0.15, -0.1) is 22.7 Å². The van der Waals surface area contributed by atoms with Crippen LogP contribution >= 0.6 is 34.3 Å². The Hall–Kier alpha value is -2.22. The molecule has 1 atom stereocenters. The molecule has 4 rings (SSSR count). The minimum atomic E-state index is -0.237. The van der Waals surface area contributed by atoms with Crippen LogP contribution in [0.1, 0.15) is 23.2 Å². The Morgan fingerprint density at radius 3 is 2.75 bits per heavy atom. The summed E-state index contributed by atoms with van der Waals surface area (Å²) in [6.07, 6.45) is 1.56. The van der Waals surface area contributed by atoms with Crippen LogP contribution in [0.2, 0.25) is 5.02 Å². The van der Waals surface area contributed by atoms with E-state index in [1.807, 2.05) is 22.9 Å². The summed E-state index contributed by atoms with van der Waals surface area (Å²) in [5.41, 5.74) is 1.46. The lowest BCUT2D eigenvalue weighted by Crippen LogP contribution is -2.43. The zero-order chi connectivity index (χ0) is 19.5. The molecule has 0 radical (unpaired) electrons. The normalized spacial score (nSPS) is 16.8. The minimum absolute atomic E-state index is 0.0663. The van der Waals surface area contributed by atoms with E-state index in [-0.39, 0.29) is 17.7 Å². The Morgan fingerprint density at radius 1 is 1.18 bits per heavy atom. The summed E-state index contributed by atoms with van der Waals surface area (Å²) in [6.45, 7) is 1.07. The van der Waals surface area contributed by atoms with Crippen molar-refractivity contribution in [2.24, 2.45) is 5.92 Å². The van der Waals surface area contributed by atoms with Crippen LogP contribution in [0.5, 0.6) is 0 Å². The van der Waals surface area contributed by atoms with Gasteiger partial charge in [-0.1, -0.05) is 17.7 Å². The number of hydrogen-bond acceptors (Lipinski definition) is 5. The van der Waals surface area contributed by atoms with Gasteiger partial charge in [0.1, 0.15) is 0 Å². The van der Waals surface area contributed by atoms with E-state index >= 15 is 0 Å². The van der Waals surface area contributed by atoms with Gasteiger partial charge in [0.2, 0.25) is 5.91 Å². The van der Waals surface area contributed by atoms with Crippen molar-refractivity contribution in [1.29, 1.82) is 0 Å². The first kappa shape index (κ1) is 19.1. The van der Waals surface area contributed by atoms with Crippen molar-refractivity contribution in [3.63, 3.8) is 0 Å². The topological polar surface area (TPSA) is 62.3 Å². The maximum absolute atomic E-state index is 12.7. The fourth-order valence-electron chi connectivity index (χ4n) is 3.23. The van der Waals surface area contributed by atoms with Gasteiger partial charge in [-0.05, 0) is 48.6 Å². The maximum atomic E-state index is 12.7. The highest BCUT2D eigenvalue weighted by Crippen LogP contribution is 2.29. The molecule has 3 aromatic rings. The zero-order valence-corrected chi connectivity index (χ0v) is 17.3. The van der Waals surface area contributed by atoms with Gasteiger partial charge in [0, 0.05) is 29.1 Å². The lowest BCUT2D eigenvalue weighted by atomic mass is 9.96. The number of carbonyl (C=O) groups excluding carboxylic acids is 2. The molecule has 0 bridgehead atoms. The molecule has 2 amide bonds. The van der Waals surface area contributed by atoms with Crippen LogP contribution in [0.3, 0.4) is 0 Å². The number of rotatable bonds is 4. The third-order valence-corrected chi connectivity index (χ3v) is 6.58. The Labute approximate surface area is 176 Å². The van der Waals surface area contributed by atoms with Crippen molar-refractivity contribution in [1.82, 2.24) is 9.88 Å². The number of thiophene rings is 1. The van der Waals surface area contributed by atoms with E-state index in [0.29, 0.717) is 28.8 Å². The van der Waals surface area contributed by atoms with Crippen LogP contribution in [0.15, 0.2) is 47.2 Å². The van der Waals surface area contributed by atoms with Gasteiger partial charge in [-0.2, -0.15) is 0 Å². The summed E-state index contributed by atoms with van der Waals surface area (Å²) < 4.78 is 0. The second kappa shape index (κ2) is 8.43. The van der Waals surface area contributed by atoms with Gasteiger partial charge in [-0.3, -0.25) is 9.59 Å². The van der Waals surface area contributed by atoms with E-state index in [1.54, 1.807) is 40.5 Å². The molecule has 0 saturated carbocycles. The highest BCUT2D eigenvalue weighted by Gasteiger charge is 2.29. The highest BCUT2D eigenvalue weighted by molar-refractivity contribution is 7.16. The van der Waals surface area contributed by atoms with Crippen LogP contribution in [0.25, 0.3) is 10.6 Å². The summed E-state index contributed by atoms with van der Waals surface area (Å²) in [7, 11) is 0. The fraction of sp³-hybridized carbons (Fsp3) is 0.250. The van der Waals surface area contributed by atoms with Crippen LogP contribution in [-0.2, 0) is 4.79 Å². The smallest absolute Gasteiger partial charge is 0.253 e. The Balaban J connectivity index is 1.39. The van der Waals surface area contributed by atoms with E-state index < -0.39 is 0 Å². The van der Waals surface area contributed by atoms with Crippen molar-refractivity contribution >= 4 is 51.2 Å². The molecular formula is C20H18ClN3O2S2. The van der Waals surface area contributed by atoms with Crippen molar-refractivity contribution < 1.29 is 9.59 Å². The van der Waals surface area contributed by atoms with Gasteiger partial charge in [0.25, 0.3) is 5.91 Å². The number of halogens is 1. The van der Waals surface area contributed by atoms with E-state index in [0.717, 1.165) is 23.4 Å². The first-order valence-electron chi connectivity index (χ1n) is 8.95. The number of aromatic nitrogens is 1. The predicted octanol–water partition coefficient (Wildman–Crippen LogP) is 5.02. The Morgan fingerprint density at radius 2 is 2.00 bits per heavy atom. The maximum Gasteiger partial charge on any atom is 0.253 e. The SMILES string of the molecule is O=C(Nc1nc(-c2cccs2)cs1)C1CCCN(C(=O)c2ccc(Cl)cc2)C1. The molecule has 2 aromatic heterocycles. The molecule has 0 aliphatic carbocycles. The Kier molecular flexibility index (Phi) is 5.75. The number of nitrogens with zero attached hydrogens (tertiary/aromatic N) is 2. The molecule has 1 saturated heterocycles. The lowest BCUT2D eigenvalue weighted by Gasteiger charge is -2.32. The van der Waals surface area contributed by atoms with E-state index in [1.165, 1.54) is 11.3 Å². The number of likely N-dealkylation sites (tertiary alicyclic amines) is 1. The van der Waals surface area contributed by atoms with Crippen molar-refractivity contribution in [2.45, 2.75) is 12.8 Å². The largest absolute Gasteiger partial charge is 0.338 e. The molecule has 1 fully saturated rings. The molecule has 1 aliphatic heterocycles. The molecule has 28 heavy (non-hydrogen) atoms. The van der Waals surface area contributed by atoms with Gasteiger partial charge < -0.3 is 10.2 Å². The monoisotopic (exact) mass is 431 g/mol. The molecular weight excluding hydrogens is 414 g/mol. The van der Waals surface area contributed by atoms with E-state index in [2.05, 4.69) is 10.3 Å². The van der Waals surface area contributed by atoms with Crippen LogP contribution in [0, 0.1) is 5.92 Å². The molecule has 8 heteroatoms. The first-order valence-corrected chi connectivity index (χ1v) is 11.1. The van der Waals surface area contributed by atoms with Crippen molar-refractivity contribution in [3.8, 4) is 10.6 Å². The third-order valence-electron chi connectivity index (χ3n) is 4.68. The number of thiazole rings is 1. The molecule has 5 nitrogen and oxygen atoms in total. The van der Waals surface area contributed by atoms with Gasteiger partial charge in [-0.25, -0.2) is 4.98 Å². The van der Waals surface area contributed by atoms with E-state index in [9.17, 15) is 9.59 Å². The number of anilines is 1. The minimum Gasteiger partial charge on any atom is -0.338 e. The summed E-state index contributed by atoms with van der Waals surface area (Å²) in [4.78, 5) is 32.8. The summed E-state index contributed by atoms with van der Waals surface area (Å²) in [6, 6.07) is 10.8. The molecule has 144 valence electrons. The van der Waals surface area contributed by atoms with Crippen molar-refractivity contribution in [2.75, 3.05) is 18.4 Å². The lowest BCUT2D eigenvalue weighted by molar-refractivity contribution is -0.121. The van der Waals surface area contributed by atoms with E-state index in [4.69, 9.17) is 11.6 Å². The number of amides is 2. The van der Waals surface area contributed by atoms with Gasteiger partial charge >= 0.3 is 0 Å². The molecule has 1 unspecified atom stereocenters. The molecule has 0 spiro atoms. The van der Waals surface area contributed by atoms with Gasteiger partial charge in [0.15, 0.2) is 5.13 Å². The molecule has 3 heterocycles. The zero-order valence-electron chi connectivity index (χ0n) is 14.9. The summed E-state index contributed by atoms with van der Waals surface area (Å²) in [5, 5.41) is 8.05.